The van der Waals surface area contributed by atoms with E-state index < -0.39 is 0 Å². The van der Waals surface area contributed by atoms with Crippen molar-refractivity contribution in [3.63, 3.8) is 0 Å². The molecule has 3 nitrogen and oxygen atoms in total. The van der Waals surface area contributed by atoms with Gasteiger partial charge in [0.05, 0.1) is 6.04 Å². The van der Waals surface area contributed by atoms with Gasteiger partial charge in [0.1, 0.15) is 6.17 Å². The lowest BCUT2D eigenvalue weighted by Gasteiger charge is -2.24. The van der Waals surface area contributed by atoms with Crippen LogP contribution >= 0.6 is 11.8 Å². The first-order valence-electron chi connectivity index (χ1n) is 7.88. The number of benzene rings is 1. The van der Waals surface area contributed by atoms with E-state index in [0.717, 1.165) is 19.3 Å². The molecule has 0 bridgehead atoms. The number of nitrogens with zero attached hydrogens (tertiary/aromatic N) is 1. The highest BCUT2D eigenvalue weighted by Gasteiger charge is 2.47. The molecule has 0 spiro atoms. The van der Waals surface area contributed by atoms with Gasteiger partial charge in [-0.1, -0.05) is 32.4 Å². The monoisotopic (exact) mass is 304 g/mol. The van der Waals surface area contributed by atoms with Gasteiger partial charge in [0.25, 0.3) is 0 Å². The summed E-state index contributed by atoms with van der Waals surface area (Å²) < 4.78 is 0. The second-order valence-corrected chi connectivity index (χ2v) is 7.06. The third-order valence-electron chi connectivity index (χ3n) is 4.72. The van der Waals surface area contributed by atoms with Crippen molar-refractivity contribution in [3.05, 3.63) is 29.8 Å². The Labute approximate surface area is 131 Å². The van der Waals surface area contributed by atoms with Crippen molar-refractivity contribution < 1.29 is 4.79 Å². The summed E-state index contributed by atoms with van der Waals surface area (Å²) in [6.07, 6.45) is 5.47. The predicted octanol–water partition coefficient (Wildman–Crippen LogP) is 3.42. The Morgan fingerprint density at radius 3 is 2.52 bits per heavy atom. The first kappa shape index (κ1) is 14.9. The van der Waals surface area contributed by atoms with Crippen LogP contribution in [0, 0.1) is 5.92 Å². The van der Waals surface area contributed by atoms with Crippen molar-refractivity contribution in [1.82, 2.24) is 10.2 Å². The van der Waals surface area contributed by atoms with Crippen molar-refractivity contribution in [2.24, 2.45) is 5.92 Å². The fraction of sp³-hybridized carbons (Fsp3) is 0.588. The molecule has 2 fully saturated rings. The van der Waals surface area contributed by atoms with E-state index >= 15 is 0 Å². The van der Waals surface area contributed by atoms with Gasteiger partial charge in [0.15, 0.2) is 0 Å². The van der Waals surface area contributed by atoms with E-state index in [1.165, 1.54) is 10.5 Å². The summed E-state index contributed by atoms with van der Waals surface area (Å²) >= 11 is 1.75. The fourth-order valence-electron chi connectivity index (χ4n) is 3.04. The number of carbonyl (C=O) groups excluding carboxylic acids is 1. The SMILES string of the molecule is CCC(C)C1NC(c2ccc(SC)cc2)N(C2CC2)C1=O. The molecule has 1 heterocycles. The molecular weight excluding hydrogens is 280 g/mol. The zero-order valence-electron chi connectivity index (χ0n) is 13.0. The second kappa shape index (κ2) is 6.01. The molecule has 1 aliphatic carbocycles. The normalized spacial score (nSPS) is 27.2. The Morgan fingerprint density at radius 2 is 2.00 bits per heavy atom. The lowest BCUT2D eigenvalue weighted by atomic mass is 9.99. The van der Waals surface area contributed by atoms with Crippen LogP contribution < -0.4 is 5.32 Å². The van der Waals surface area contributed by atoms with E-state index in [4.69, 9.17) is 0 Å². The molecule has 1 N–H and O–H groups in total. The van der Waals surface area contributed by atoms with E-state index in [2.05, 4.69) is 54.6 Å². The fourth-order valence-corrected chi connectivity index (χ4v) is 3.45. The molecule has 2 aliphatic rings. The molecule has 1 aromatic carbocycles. The lowest BCUT2D eigenvalue weighted by Crippen LogP contribution is -2.36. The maximum atomic E-state index is 12.8. The summed E-state index contributed by atoms with van der Waals surface area (Å²) in [6.45, 7) is 4.32. The van der Waals surface area contributed by atoms with E-state index in [1.807, 2.05) is 0 Å². The summed E-state index contributed by atoms with van der Waals surface area (Å²) in [4.78, 5) is 16.1. The van der Waals surface area contributed by atoms with Crippen LogP contribution in [-0.2, 0) is 4.79 Å². The molecule has 114 valence electrons. The van der Waals surface area contributed by atoms with Crippen molar-refractivity contribution in [2.45, 2.75) is 56.3 Å². The number of rotatable bonds is 5. The minimum atomic E-state index is -0.0270. The highest BCUT2D eigenvalue weighted by Crippen LogP contribution is 2.39. The zero-order valence-corrected chi connectivity index (χ0v) is 13.8. The molecular formula is C17H24N2OS. The van der Waals surface area contributed by atoms with Crippen molar-refractivity contribution in [2.75, 3.05) is 6.26 Å². The molecule has 3 atom stereocenters. The van der Waals surface area contributed by atoms with Gasteiger partial charge in [-0.15, -0.1) is 11.8 Å². The zero-order chi connectivity index (χ0) is 15.0. The topological polar surface area (TPSA) is 32.3 Å². The molecule has 1 aromatic rings. The number of nitrogens with one attached hydrogen (secondary N) is 1. The Bertz CT molecular complexity index is 512. The number of hydrogen-bond acceptors (Lipinski definition) is 3. The smallest absolute Gasteiger partial charge is 0.241 e. The van der Waals surface area contributed by atoms with E-state index in [0.29, 0.717) is 17.9 Å². The van der Waals surface area contributed by atoms with E-state index in [9.17, 15) is 4.79 Å². The van der Waals surface area contributed by atoms with Crippen LogP contribution in [0.25, 0.3) is 0 Å². The van der Waals surface area contributed by atoms with Gasteiger partial charge in [0.2, 0.25) is 5.91 Å². The Balaban J connectivity index is 1.86. The molecule has 4 heteroatoms. The highest BCUT2D eigenvalue weighted by molar-refractivity contribution is 7.98. The molecule has 3 rings (SSSR count). The first-order valence-corrected chi connectivity index (χ1v) is 9.10. The number of thioether (sulfide) groups is 1. The summed E-state index contributed by atoms with van der Waals surface area (Å²) in [5.41, 5.74) is 1.21. The van der Waals surface area contributed by atoms with Crippen LogP contribution in [0.5, 0.6) is 0 Å². The van der Waals surface area contributed by atoms with Gasteiger partial charge in [-0.25, -0.2) is 0 Å². The minimum Gasteiger partial charge on any atom is -0.319 e. The van der Waals surface area contributed by atoms with Gasteiger partial charge in [0, 0.05) is 10.9 Å². The maximum absolute atomic E-state index is 12.8. The van der Waals surface area contributed by atoms with E-state index in [1.54, 1.807) is 11.8 Å². The van der Waals surface area contributed by atoms with Gasteiger partial charge in [-0.2, -0.15) is 0 Å². The van der Waals surface area contributed by atoms with Gasteiger partial charge >= 0.3 is 0 Å². The summed E-state index contributed by atoms with van der Waals surface area (Å²) in [5.74, 6) is 0.681. The molecule has 1 amide bonds. The van der Waals surface area contributed by atoms with Crippen LogP contribution in [0.4, 0.5) is 0 Å². The number of hydrogen-bond donors (Lipinski definition) is 1. The highest BCUT2D eigenvalue weighted by atomic mass is 32.2. The standard InChI is InChI=1S/C17H24N2OS/c1-4-11(2)15-17(20)19(13-7-8-13)16(18-15)12-5-9-14(21-3)10-6-12/h5-6,9-11,13,15-16,18H,4,7-8H2,1-3H3. The molecule has 21 heavy (non-hydrogen) atoms. The third kappa shape index (κ3) is 2.84. The molecule has 0 radical (unpaired) electrons. The molecule has 1 saturated carbocycles. The van der Waals surface area contributed by atoms with Crippen molar-refractivity contribution >= 4 is 17.7 Å². The maximum Gasteiger partial charge on any atom is 0.241 e. The Kier molecular flexibility index (Phi) is 4.27. The average molecular weight is 304 g/mol. The van der Waals surface area contributed by atoms with Gasteiger partial charge in [-0.05, 0) is 42.7 Å². The average Bonchev–Trinajstić information content (AvgIpc) is 3.30. The number of carbonyl (C=O) groups is 1. The predicted molar refractivity (Wildman–Crippen MR) is 87.2 cm³/mol. The second-order valence-electron chi connectivity index (χ2n) is 6.18. The number of amides is 1. The van der Waals surface area contributed by atoms with Crippen LogP contribution in [-0.4, -0.2) is 29.1 Å². The minimum absolute atomic E-state index is 0.0270. The Morgan fingerprint density at radius 1 is 1.33 bits per heavy atom. The van der Waals surface area contributed by atoms with Crippen molar-refractivity contribution in [1.29, 1.82) is 0 Å². The molecule has 3 unspecified atom stereocenters. The summed E-state index contributed by atoms with van der Waals surface area (Å²) in [5, 5.41) is 3.59. The molecule has 1 saturated heterocycles. The lowest BCUT2D eigenvalue weighted by molar-refractivity contribution is -0.131. The first-order chi connectivity index (χ1) is 10.2. The van der Waals surface area contributed by atoms with E-state index in [-0.39, 0.29) is 12.2 Å². The Hall–Kier alpha value is -1.00. The van der Waals surface area contributed by atoms with Crippen LogP contribution in [0.3, 0.4) is 0 Å². The third-order valence-corrected chi connectivity index (χ3v) is 5.46. The molecule has 0 aromatic heterocycles. The molecule has 1 aliphatic heterocycles. The van der Waals surface area contributed by atoms with Gasteiger partial charge < -0.3 is 4.90 Å². The largest absolute Gasteiger partial charge is 0.319 e. The van der Waals surface area contributed by atoms with Crippen LogP contribution in [0.15, 0.2) is 29.2 Å². The van der Waals surface area contributed by atoms with Crippen LogP contribution in [0.1, 0.15) is 44.8 Å². The van der Waals surface area contributed by atoms with Crippen molar-refractivity contribution in [3.8, 4) is 0 Å². The van der Waals surface area contributed by atoms with Crippen LogP contribution in [0.2, 0.25) is 0 Å². The summed E-state index contributed by atoms with van der Waals surface area (Å²) in [6, 6.07) is 9.03. The summed E-state index contributed by atoms with van der Waals surface area (Å²) in [7, 11) is 0. The quantitative estimate of drug-likeness (QED) is 0.846. The van der Waals surface area contributed by atoms with Gasteiger partial charge in [-0.3, -0.25) is 10.1 Å².